The number of hydrogen-bond donors (Lipinski definition) is 2. The van der Waals surface area contributed by atoms with Crippen LogP contribution in [0.3, 0.4) is 0 Å². The van der Waals surface area contributed by atoms with Gasteiger partial charge in [0.15, 0.2) is 0 Å². The van der Waals surface area contributed by atoms with Gasteiger partial charge in [0, 0.05) is 13.0 Å². The molecule has 0 aliphatic carbocycles. The van der Waals surface area contributed by atoms with Crippen molar-refractivity contribution >= 4 is 0 Å². The van der Waals surface area contributed by atoms with E-state index in [1.54, 1.807) is 6.92 Å². The van der Waals surface area contributed by atoms with E-state index in [-0.39, 0.29) is 6.10 Å². The van der Waals surface area contributed by atoms with Crippen LogP contribution in [0.15, 0.2) is 0 Å². The summed E-state index contributed by atoms with van der Waals surface area (Å²) in [6.45, 7) is 6.41. The average Bonchev–Trinajstić information content (AvgIpc) is 2.15. The summed E-state index contributed by atoms with van der Waals surface area (Å²) in [4.78, 5) is 0. The Kier molecular flexibility index (Phi) is 8.14. The lowest BCUT2D eigenvalue weighted by Gasteiger charge is -2.23. The first-order valence-corrected chi connectivity index (χ1v) is 5.59. The summed E-state index contributed by atoms with van der Waals surface area (Å²) in [6.07, 6.45) is 2.19. The molecule has 14 heavy (non-hydrogen) atoms. The molecule has 0 aromatic carbocycles. The Balaban J connectivity index is 3.84. The largest absolute Gasteiger partial charge is 0.393 e. The number of unbranched alkanes of at least 4 members (excludes halogenated alkanes) is 1. The predicted octanol–water partition coefficient (Wildman–Crippen LogP) is 1.71. The van der Waals surface area contributed by atoms with E-state index in [0.29, 0.717) is 19.4 Å². The molecule has 0 fully saturated rings. The maximum Gasteiger partial charge on any atom is 0.0858 e. The fourth-order valence-electron chi connectivity index (χ4n) is 1.31. The molecule has 0 spiro atoms. The van der Waals surface area contributed by atoms with Crippen LogP contribution in [0.1, 0.15) is 46.5 Å². The first-order valence-electron chi connectivity index (χ1n) is 5.59. The Labute approximate surface area is 87.1 Å². The van der Waals surface area contributed by atoms with Gasteiger partial charge in [0.05, 0.1) is 18.3 Å². The van der Waals surface area contributed by atoms with E-state index in [9.17, 15) is 10.2 Å². The van der Waals surface area contributed by atoms with Crippen molar-refractivity contribution in [1.82, 2.24) is 0 Å². The van der Waals surface area contributed by atoms with Crippen molar-refractivity contribution in [3.8, 4) is 0 Å². The summed E-state index contributed by atoms with van der Waals surface area (Å²) < 4.78 is 5.54. The zero-order valence-corrected chi connectivity index (χ0v) is 9.57. The highest BCUT2D eigenvalue weighted by Crippen LogP contribution is 2.11. The van der Waals surface area contributed by atoms with Gasteiger partial charge in [-0.2, -0.15) is 0 Å². The van der Waals surface area contributed by atoms with E-state index in [0.717, 1.165) is 12.8 Å². The number of hydrogen-bond acceptors (Lipinski definition) is 3. The minimum atomic E-state index is -0.457. The Hall–Kier alpha value is -0.120. The molecule has 3 atom stereocenters. The second-order valence-electron chi connectivity index (χ2n) is 3.82. The van der Waals surface area contributed by atoms with Gasteiger partial charge in [0.1, 0.15) is 0 Å². The van der Waals surface area contributed by atoms with Crippen LogP contribution >= 0.6 is 0 Å². The smallest absolute Gasteiger partial charge is 0.0858 e. The lowest BCUT2D eigenvalue weighted by Crippen LogP contribution is -2.32. The molecular weight excluding hydrogens is 180 g/mol. The Morgan fingerprint density at radius 3 is 2.29 bits per heavy atom. The van der Waals surface area contributed by atoms with Crippen LogP contribution in [0.4, 0.5) is 0 Å². The zero-order chi connectivity index (χ0) is 11.0. The fourth-order valence-corrected chi connectivity index (χ4v) is 1.31. The van der Waals surface area contributed by atoms with Gasteiger partial charge in [0.2, 0.25) is 0 Å². The minimum Gasteiger partial charge on any atom is -0.393 e. The molecule has 0 aliphatic heterocycles. The molecule has 0 heterocycles. The van der Waals surface area contributed by atoms with Crippen molar-refractivity contribution in [2.24, 2.45) is 0 Å². The van der Waals surface area contributed by atoms with Crippen LogP contribution in [-0.4, -0.2) is 35.1 Å². The Morgan fingerprint density at radius 2 is 1.86 bits per heavy atom. The van der Waals surface area contributed by atoms with E-state index in [4.69, 9.17) is 4.74 Å². The third-order valence-electron chi connectivity index (χ3n) is 2.25. The van der Waals surface area contributed by atoms with E-state index in [2.05, 4.69) is 6.92 Å². The highest BCUT2D eigenvalue weighted by atomic mass is 16.5. The summed E-state index contributed by atoms with van der Waals surface area (Å²) >= 11 is 0. The summed E-state index contributed by atoms with van der Waals surface area (Å²) in [5, 5.41) is 18.9. The molecule has 3 nitrogen and oxygen atoms in total. The van der Waals surface area contributed by atoms with E-state index in [1.807, 2.05) is 6.92 Å². The van der Waals surface area contributed by atoms with Gasteiger partial charge in [-0.05, 0) is 19.8 Å². The molecule has 3 heteroatoms. The van der Waals surface area contributed by atoms with Gasteiger partial charge in [0.25, 0.3) is 0 Å². The normalized spacial score (nSPS) is 17.8. The first-order chi connectivity index (χ1) is 6.61. The van der Waals surface area contributed by atoms with Crippen molar-refractivity contribution in [3.63, 3.8) is 0 Å². The molecule has 0 bridgehead atoms. The first kappa shape index (κ1) is 13.9. The van der Waals surface area contributed by atoms with Crippen LogP contribution in [0.2, 0.25) is 0 Å². The highest BCUT2D eigenvalue weighted by molar-refractivity contribution is 4.70. The lowest BCUT2D eigenvalue weighted by atomic mass is 10.1. The van der Waals surface area contributed by atoms with Gasteiger partial charge >= 0.3 is 0 Å². The van der Waals surface area contributed by atoms with Gasteiger partial charge in [-0.15, -0.1) is 0 Å². The molecule has 0 aliphatic rings. The maximum atomic E-state index is 9.63. The average molecular weight is 204 g/mol. The van der Waals surface area contributed by atoms with Gasteiger partial charge in [-0.1, -0.05) is 20.3 Å². The molecule has 0 amide bonds. The van der Waals surface area contributed by atoms with Crippen molar-refractivity contribution in [3.05, 3.63) is 0 Å². The summed E-state index contributed by atoms with van der Waals surface area (Å²) in [5.74, 6) is 0. The molecule has 0 aromatic rings. The zero-order valence-electron chi connectivity index (χ0n) is 9.57. The van der Waals surface area contributed by atoms with E-state index in [1.165, 1.54) is 0 Å². The van der Waals surface area contributed by atoms with Crippen molar-refractivity contribution in [1.29, 1.82) is 0 Å². The number of aliphatic hydroxyl groups excluding tert-OH is 2. The third kappa shape index (κ3) is 6.35. The molecule has 86 valence electrons. The third-order valence-corrected chi connectivity index (χ3v) is 2.25. The Bertz CT molecular complexity index is 126. The molecule has 0 saturated carbocycles. The number of rotatable bonds is 8. The maximum absolute atomic E-state index is 9.63. The van der Waals surface area contributed by atoms with Crippen LogP contribution in [-0.2, 0) is 4.74 Å². The molecule has 0 aromatic heterocycles. The monoisotopic (exact) mass is 204 g/mol. The van der Waals surface area contributed by atoms with Crippen molar-refractivity contribution in [2.45, 2.75) is 64.8 Å². The van der Waals surface area contributed by atoms with Crippen LogP contribution in [0, 0.1) is 0 Å². The fraction of sp³-hybridized carbons (Fsp3) is 1.00. The summed E-state index contributed by atoms with van der Waals surface area (Å²) in [6, 6.07) is 0. The second kappa shape index (κ2) is 8.21. The molecule has 0 saturated heterocycles. The van der Waals surface area contributed by atoms with Crippen LogP contribution in [0.5, 0.6) is 0 Å². The minimum absolute atomic E-state index is 0.216. The topological polar surface area (TPSA) is 49.7 Å². The lowest BCUT2D eigenvalue weighted by molar-refractivity contribution is -0.0592. The molecular formula is C11H24O3. The van der Waals surface area contributed by atoms with Gasteiger partial charge in [-0.3, -0.25) is 0 Å². The van der Waals surface area contributed by atoms with Gasteiger partial charge < -0.3 is 14.9 Å². The standard InChI is InChI=1S/C11H24O3/c1-4-6-7-14-11(8-9(3)12)10(13)5-2/h9-13H,4-8H2,1-3H3. The van der Waals surface area contributed by atoms with Crippen molar-refractivity contribution < 1.29 is 14.9 Å². The molecule has 3 unspecified atom stereocenters. The SMILES string of the molecule is CCCCOC(CC(C)O)C(O)CC. The van der Waals surface area contributed by atoms with Gasteiger partial charge in [-0.25, -0.2) is 0 Å². The Morgan fingerprint density at radius 1 is 1.21 bits per heavy atom. The predicted molar refractivity (Wildman–Crippen MR) is 57.2 cm³/mol. The highest BCUT2D eigenvalue weighted by Gasteiger charge is 2.19. The number of ether oxygens (including phenoxy) is 1. The van der Waals surface area contributed by atoms with E-state index >= 15 is 0 Å². The second-order valence-corrected chi connectivity index (χ2v) is 3.82. The van der Waals surface area contributed by atoms with E-state index < -0.39 is 12.2 Å². The number of aliphatic hydroxyl groups is 2. The van der Waals surface area contributed by atoms with Crippen molar-refractivity contribution in [2.75, 3.05) is 6.61 Å². The van der Waals surface area contributed by atoms with Crippen LogP contribution < -0.4 is 0 Å². The summed E-state index contributed by atoms with van der Waals surface area (Å²) in [5.41, 5.74) is 0. The molecule has 2 N–H and O–H groups in total. The van der Waals surface area contributed by atoms with Crippen LogP contribution in [0.25, 0.3) is 0 Å². The molecule has 0 rings (SSSR count). The molecule has 0 radical (unpaired) electrons. The summed E-state index contributed by atoms with van der Waals surface area (Å²) in [7, 11) is 0. The quantitative estimate of drug-likeness (QED) is 0.592.